The van der Waals surface area contributed by atoms with Gasteiger partial charge in [-0.15, -0.1) is 0 Å². The summed E-state index contributed by atoms with van der Waals surface area (Å²) < 4.78 is 0. The highest BCUT2D eigenvalue weighted by Gasteiger charge is 2.33. The summed E-state index contributed by atoms with van der Waals surface area (Å²) >= 11 is 0. The maximum Gasteiger partial charge on any atom is 0.243 e. The molecule has 7 N–H and O–H groups in total. The largest absolute Gasteiger partial charge is 0.508 e. The Morgan fingerprint density at radius 1 is 0.630 bits per heavy atom. The summed E-state index contributed by atoms with van der Waals surface area (Å²) in [7, 11) is 0. The number of phenols is 1. The van der Waals surface area contributed by atoms with Gasteiger partial charge in [0.25, 0.3) is 0 Å². The second kappa shape index (κ2) is 16.9. The molecule has 13 heteroatoms. The third kappa shape index (κ3) is 10.6. The van der Waals surface area contributed by atoms with Crippen molar-refractivity contribution < 1.29 is 33.9 Å². The van der Waals surface area contributed by atoms with Crippen LogP contribution in [0.25, 0.3) is 0 Å². The van der Waals surface area contributed by atoms with Crippen LogP contribution in [0.3, 0.4) is 0 Å². The topological polar surface area (TPSA) is 195 Å². The fourth-order valence-corrected chi connectivity index (χ4v) is 4.92. The summed E-state index contributed by atoms with van der Waals surface area (Å²) in [6, 6.07) is 10.7. The van der Waals surface area contributed by atoms with Crippen molar-refractivity contribution in [3.05, 3.63) is 65.7 Å². The van der Waals surface area contributed by atoms with E-state index in [1.165, 1.54) is 12.1 Å². The van der Waals surface area contributed by atoms with E-state index in [9.17, 15) is 33.9 Å². The predicted molar refractivity (Wildman–Crippen MR) is 170 cm³/mol. The molecule has 1 aliphatic rings. The van der Waals surface area contributed by atoms with Gasteiger partial charge in [0.2, 0.25) is 35.4 Å². The minimum atomic E-state index is -1.18. The lowest BCUT2D eigenvalue weighted by Gasteiger charge is -2.28. The molecule has 13 nitrogen and oxygen atoms in total. The molecule has 5 atom stereocenters. The highest BCUT2D eigenvalue weighted by atomic mass is 16.3. The Morgan fingerprint density at radius 3 is 1.70 bits per heavy atom. The summed E-state index contributed by atoms with van der Waals surface area (Å²) in [6.07, 6.45) is 0.608. The van der Waals surface area contributed by atoms with Crippen LogP contribution < -0.4 is 31.9 Å². The smallest absolute Gasteiger partial charge is 0.243 e. The average molecular weight is 637 g/mol. The molecule has 5 unspecified atom stereocenters. The molecule has 6 amide bonds. The van der Waals surface area contributed by atoms with E-state index in [0.29, 0.717) is 12.0 Å². The van der Waals surface area contributed by atoms with Crippen molar-refractivity contribution >= 4 is 35.4 Å². The van der Waals surface area contributed by atoms with Gasteiger partial charge in [0.1, 0.15) is 29.9 Å². The minimum Gasteiger partial charge on any atom is -0.508 e. The van der Waals surface area contributed by atoms with Crippen molar-refractivity contribution in [3.8, 4) is 5.75 Å². The molecule has 0 saturated carbocycles. The van der Waals surface area contributed by atoms with Crippen LogP contribution in [0.5, 0.6) is 5.75 Å². The monoisotopic (exact) mass is 636 g/mol. The second-order valence-electron chi connectivity index (χ2n) is 11.8. The number of nitrogens with one attached hydrogen (secondary N) is 6. The van der Waals surface area contributed by atoms with Gasteiger partial charge in [-0.2, -0.15) is 0 Å². The number of phenolic OH excluding ortho intramolecular Hbond substituents is 1. The molecule has 1 fully saturated rings. The van der Waals surface area contributed by atoms with Crippen molar-refractivity contribution in [1.82, 2.24) is 31.9 Å². The Morgan fingerprint density at radius 2 is 1.13 bits per heavy atom. The van der Waals surface area contributed by atoms with Crippen molar-refractivity contribution in [2.24, 2.45) is 11.8 Å². The van der Waals surface area contributed by atoms with Gasteiger partial charge < -0.3 is 37.0 Å². The molecule has 0 bridgehead atoms. The van der Waals surface area contributed by atoms with Crippen molar-refractivity contribution in [2.45, 2.75) is 71.1 Å². The fourth-order valence-electron chi connectivity index (χ4n) is 4.92. The molecule has 0 aliphatic carbocycles. The predicted octanol–water partition coefficient (Wildman–Crippen LogP) is 0.0647. The SMILES string of the molecule is CCC(C)C1NC(=O)C(Cc2ccc(O)cc2)NC(=O)C(Cc2ccccc2)NC(=O)CNC(=O)C(C(C)C)NC(=O)CNC1=O. The number of aromatic hydroxyl groups is 1. The van der Waals surface area contributed by atoms with Gasteiger partial charge in [0.15, 0.2) is 0 Å². The highest BCUT2D eigenvalue weighted by molar-refractivity contribution is 5.97. The van der Waals surface area contributed by atoms with Gasteiger partial charge in [-0.05, 0) is 35.1 Å². The van der Waals surface area contributed by atoms with E-state index in [4.69, 9.17) is 0 Å². The molecule has 2 aromatic carbocycles. The van der Waals surface area contributed by atoms with Gasteiger partial charge in [-0.25, -0.2) is 0 Å². The standard InChI is InChI=1S/C33H44N6O7/c1-5-20(4)29-33(46)35-18-27(42)38-28(19(2)3)32(45)34-17-26(41)36-24(15-21-9-7-6-8-10-21)30(43)37-25(31(44)39-29)16-22-11-13-23(40)14-12-22/h6-14,19-20,24-25,28-29,40H,5,15-18H2,1-4H3,(H,34,45)(H,35,46)(H,36,41)(H,37,43)(H,38,42)(H,39,44). The summed E-state index contributed by atoms with van der Waals surface area (Å²) in [5.41, 5.74) is 1.36. The summed E-state index contributed by atoms with van der Waals surface area (Å²) in [4.78, 5) is 79.6. The Kier molecular flexibility index (Phi) is 13.1. The first-order chi connectivity index (χ1) is 21.9. The zero-order valence-corrected chi connectivity index (χ0v) is 26.6. The Bertz CT molecular complexity index is 1380. The Balaban J connectivity index is 1.99. The number of carbonyl (C=O) groups is 6. The van der Waals surface area contributed by atoms with Crippen LogP contribution in [0.2, 0.25) is 0 Å². The van der Waals surface area contributed by atoms with Gasteiger partial charge in [-0.3, -0.25) is 28.8 Å². The number of benzene rings is 2. The first-order valence-electron chi connectivity index (χ1n) is 15.4. The normalized spacial score (nSPS) is 23.1. The molecule has 46 heavy (non-hydrogen) atoms. The summed E-state index contributed by atoms with van der Waals surface area (Å²) in [5.74, 6) is -4.45. The van der Waals surface area contributed by atoms with E-state index in [2.05, 4.69) is 31.9 Å². The van der Waals surface area contributed by atoms with Crippen LogP contribution in [-0.2, 0) is 41.6 Å². The first-order valence-corrected chi connectivity index (χ1v) is 15.4. The van der Waals surface area contributed by atoms with Gasteiger partial charge in [0, 0.05) is 12.8 Å². The van der Waals surface area contributed by atoms with Gasteiger partial charge in [-0.1, -0.05) is 76.6 Å². The summed E-state index contributed by atoms with van der Waals surface area (Å²) in [6.45, 7) is 6.14. The molecule has 248 valence electrons. The molecule has 3 rings (SSSR count). The maximum atomic E-state index is 13.8. The minimum absolute atomic E-state index is 0.00769. The van der Waals surface area contributed by atoms with Crippen LogP contribution in [0.4, 0.5) is 0 Å². The number of hydrogen-bond donors (Lipinski definition) is 7. The van der Waals surface area contributed by atoms with Gasteiger partial charge >= 0.3 is 0 Å². The zero-order chi connectivity index (χ0) is 33.8. The second-order valence-corrected chi connectivity index (χ2v) is 11.8. The lowest BCUT2D eigenvalue weighted by molar-refractivity contribution is -0.135. The molecule has 2 aromatic rings. The molecule has 1 saturated heterocycles. The van der Waals surface area contributed by atoms with E-state index < -0.39 is 72.7 Å². The highest BCUT2D eigenvalue weighted by Crippen LogP contribution is 2.14. The van der Waals surface area contributed by atoms with E-state index in [1.54, 1.807) is 57.2 Å². The molecule has 1 aliphatic heterocycles. The van der Waals surface area contributed by atoms with Crippen LogP contribution in [0.15, 0.2) is 54.6 Å². The molecule has 0 radical (unpaired) electrons. The van der Waals surface area contributed by atoms with E-state index in [-0.39, 0.29) is 30.4 Å². The van der Waals surface area contributed by atoms with Crippen molar-refractivity contribution in [3.63, 3.8) is 0 Å². The average Bonchev–Trinajstić information content (AvgIpc) is 3.03. The lowest BCUT2D eigenvalue weighted by atomic mass is 9.97. The number of rotatable bonds is 7. The fraction of sp³-hybridized carbons (Fsp3) is 0.455. The molecule has 0 aromatic heterocycles. The Hall–Kier alpha value is -4.94. The number of hydrogen-bond acceptors (Lipinski definition) is 7. The van der Waals surface area contributed by atoms with E-state index >= 15 is 0 Å². The summed E-state index contributed by atoms with van der Waals surface area (Å²) in [5, 5.41) is 25.5. The van der Waals surface area contributed by atoms with Crippen molar-refractivity contribution in [1.29, 1.82) is 0 Å². The number of carbonyl (C=O) groups excluding carboxylic acids is 6. The maximum absolute atomic E-state index is 13.8. The molecular formula is C33H44N6O7. The molecule has 0 spiro atoms. The quantitative estimate of drug-likeness (QED) is 0.223. The van der Waals surface area contributed by atoms with Crippen LogP contribution in [0, 0.1) is 11.8 Å². The first kappa shape index (κ1) is 35.5. The van der Waals surface area contributed by atoms with Crippen LogP contribution in [-0.4, -0.2) is 77.8 Å². The third-order valence-electron chi connectivity index (χ3n) is 7.85. The van der Waals surface area contributed by atoms with Gasteiger partial charge in [0.05, 0.1) is 13.1 Å². The number of amides is 6. The third-order valence-corrected chi connectivity index (χ3v) is 7.85. The van der Waals surface area contributed by atoms with Crippen LogP contribution >= 0.6 is 0 Å². The van der Waals surface area contributed by atoms with Crippen LogP contribution in [0.1, 0.15) is 45.2 Å². The van der Waals surface area contributed by atoms with Crippen molar-refractivity contribution in [2.75, 3.05) is 13.1 Å². The molecular weight excluding hydrogens is 592 g/mol. The van der Waals surface area contributed by atoms with E-state index in [0.717, 1.165) is 5.56 Å². The zero-order valence-electron chi connectivity index (χ0n) is 26.6. The van der Waals surface area contributed by atoms with E-state index in [1.807, 2.05) is 13.0 Å². The lowest BCUT2D eigenvalue weighted by Crippen LogP contribution is -2.60. The Labute approximate surface area is 268 Å². The molecule has 1 heterocycles.